The van der Waals surface area contributed by atoms with Gasteiger partial charge in [0.05, 0.1) is 16.5 Å². The lowest BCUT2D eigenvalue weighted by Crippen LogP contribution is -2.50. The smallest absolute Gasteiger partial charge is 0.243 e. The van der Waals surface area contributed by atoms with Crippen molar-refractivity contribution in [2.75, 3.05) is 0 Å². The third kappa shape index (κ3) is 6.76. The number of nitrogens with zero attached hydrogens (tertiary/aromatic N) is 1. The van der Waals surface area contributed by atoms with Crippen molar-refractivity contribution in [3.8, 4) is 0 Å². The lowest BCUT2D eigenvalue weighted by atomic mass is 10.0. The molecule has 29 heavy (non-hydrogen) atoms. The Morgan fingerprint density at radius 2 is 1.76 bits per heavy atom. The van der Waals surface area contributed by atoms with E-state index in [0.29, 0.717) is 16.5 Å². The van der Waals surface area contributed by atoms with Crippen LogP contribution in [0, 0.1) is 6.92 Å². The Bertz CT molecular complexity index is 868. The zero-order valence-corrected chi connectivity index (χ0v) is 18.8. The van der Waals surface area contributed by atoms with Crippen molar-refractivity contribution in [1.82, 2.24) is 10.2 Å². The molecule has 4 nitrogen and oxygen atoms in total. The van der Waals surface area contributed by atoms with Crippen LogP contribution in [0.3, 0.4) is 0 Å². The fraction of sp³-hybridized carbons (Fsp3) is 0.391. The van der Waals surface area contributed by atoms with Gasteiger partial charge in [-0.05, 0) is 50.5 Å². The summed E-state index contributed by atoms with van der Waals surface area (Å²) < 4.78 is 0. The van der Waals surface area contributed by atoms with Crippen molar-refractivity contribution in [3.63, 3.8) is 0 Å². The minimum atomic E-state index is -0.566. The summed E-state index contributed by atoms with van der Waals surface area (Å²) in [4.78, 5) is 27.7. The van der Waals surface area contributed by atoms with E-state index in [1.54, 1.807) is 17.0 Å². The zero-order chi connectivity index (χ0) is 21.6. The topological polar surface area (TPSA) is 49.4 Å². The van der Waals surface area contributed by atoms with Crippen LogP contribution in [0.4, 0.5) is 0 Å². The Kier molecular flexibility index (Phi) is 8.54. The maximum atomic E-state index is 13.3. The van der Waals surface area contributed by atoms with Crippen LogP contribution in [0.25, 0.3) is 0 Å². The molecule has 0 heterocycles. The van der Waals surface area contributed by atoms with Crippen LogP contribution in [0.2, 0.25) is 10.0 Å². The van der Waals surface area contributed by atoms with Gasteiger partial charge >= 0.3 is 0 Å². The van der Waals surface area contributed by atoms with E-state index in [1.807, 2.05) is 58.0 Å². The first-order valence-corrected chi connectivity index (χ1v) is 10.6. The SMILES string of the molecule is CC[C@H](C(=O)NC(C)C)N(Cc1ccc(Cl)c(Cl)c1)C(=O)Cc1cccc(C)c1. The highest BCUT2D eigenvalue weighted by Crippen LogP contribution is 2.24. The fourth-order valence-corrected chi connectivity index (χ4v) is 3.55. The molecule has 6 heteroatoms. The summed E-state index contributed by atoms with van der Waals surface area (Å²) in [6.07, 6.45) is 0.744. The summed E-state index contributed by atoms with van der Waals surface area (Å²) in [7, 11) is 0. The van der Waals surface area contributed by atoms with Gasteiger partial charge in [0.1, 0.15) is 6.04 Å². The summed E-state index contributed by atoms with van der Waals surface area (Å²) in [6, 6.07) is 12.5. The largest absolute Gasteiger partial charge is 0.352 e. The van der Waals surface area contributed by atoms with Gasteiger partial charge < -0.3 is 10.2 Å². The van der Waals surface area contributed by atoms with Crippen LogP contribution < -0.4 is 5.32 Å². The summed E-state index contributed by atoms with van der Waals surface area (Å²) >= 11 is 12.2. The summed E-state index contributed by atoms with van der Waals surface area (Å²) in [5.74, 6) is -0.257. The van der Waals surface area contributed by atoms with Gasteiger partial charge in [0.25, 0.3) is 0 Å². The molecule has 0 saturated carbocycles. The second-order valence-corrected chi connectivity index (χ2v) is 8.34. The predicted molar refractivity (Wildman–Crippen MR) is 119 cm³/mol. The third-order valence-electron chi connectivity index (χ3n) is 4.59. The van der Waals surface area contributed by atoms with Gasteiger partial charge in [-0.25, -0.2) is 0 Å². The van der Waals surface area contributed by atoms with Crippen molar-refractivity contribution in [2.24, 2.45) is 0 Å². The van der Waals surface area contributed by atoms with Crippen molar-refractivity contribution >= 4 is 35.0 Å². The van der Waals surface area contributed by atoms with E-state index in [9.17, 15) is 9.59 Å². The quantitative estimate of drug-likeness (QED) is 0.622. The highest BCUT2D eigenvalue weighted by molar-refractivity contribution is 6.42. The fourth-order valence-electron chi connectivity index (χ4n) is 3.23. The molecule has 156 valence electrons. The van der Waals surface area contributed by atoms with Gasteiger partial charge in [-0.3, -0.25) is 9.59 Å². The zero-order valence-electron chi connectivity index (χ0n) is 17.3. The van der Waals surface area contributed by atoms with E-state index >= 15 is 0 Å². The Labute approximate surface area is 183 Å². The molecule has 2 amide bonds. The normalized spacial score (nSPS) is 12.0. The average molecular weight is 435 g/mol. The number of halogens is 2. The van der Waals surface area contributed by atoms with Crippen LogP contribution in [-0.2, 0) is 22.6 Å². The Morgan fingerprint density at radius 3 is 2.34 bits per heavy atom. The van der Waals surface area contributed by atoms with Gasteiger partial charge in [0, 0.05) is 12.6 Å². The van der Waals surface area contributed by atoms with E-state index in [4.69, 9.17) is 23.2 Å². The molecule has 0 bridgehead atoms. The van der Waals surface area contributed by atoms with Crippen LogP contribution in [-0.4, -0.2) is 28.8 Å². The Hall–Kier alpha value is -2.04. The number of nitrogens with one attached hydrogen (secondary N) is 1. The second-order valence-electron chi connectivity index (χ2n) is 7.52. The second kappa shape index (κ2) is 10.7. The predicted octanol–water partition coefficient (Wildman–Crippen LogP) is 5.18. The lowest BCUT2D eigenvalue weighted by Gasteiger charge is -2.31. The molecule has 0 saturated heterocycles. The number of aryl methyl sites for hydroxylation is 1. The first-order valence-electron chi connectivity index (χ1n) is 9.80. The molecule has 1 N–H and O–H groups in total. The molecule has 0 aliphatic heterocycles. The van der Waals surface area contributed by atoms with Crippen molar-refractivity contribution in [1.29, 1.82) is 0 Å². The van der Waals surface area contributed by atoms with Crippen LogP contribution >= 0.6 is 23.2 Å². The number of hydrogen-bond acceptors (Lipinski definition) is 2. The molecule has 0 aliphatic rings. The van der Waals surface area contributed by atoms with E-state index in [-0.39, 0.29) is 30.8 Å². The van der Waals surface area contributed by atoms with Crippen LogP contribution in [0.15, 0.2) is 42.5 Å². The first kappa shape index (κ1) is 23.2. The molecular weight excluding hydrogens is 407 g/mol. The number of hydrogen-bond donors (Lipinski definition) is 1. The highest BCUT2D eigenvalue weighted by Gasteiger charge is 2.29. The van der Waals surface area contributed by atoms with Crippen molar-refractivity contribution in [2.45, 2.75) is 59.2 Å². The molecule has 0 aromatic heterocycles. The molecule has 2 aromatic rings. The summed E-state index contributed by atoms with van der Waals surface area (Å²) in [5.41, 5.74) is 2.84. The van der Waals surface area contributed by atoms with E-state index in [1.165, 1.54) is 0 Å². The van der Waals surface area contributed by atoms with Gasteiger partial charge in [-0.15, -0.1) is 0 Å². The number of rotatable bonds is 8. The van der Waals surface area contributed by atoms with Gasteiger partial charge in [0.15, 0.2) is 0 Å². The van der Waals surface area contributed by atoms with Gasteiger partial charge in [-0.1, -0.05) is 66.0 Å². The van der Waals surface area contributed by atoms with E-state index in [2.05, 4.69) is 5.32 Å². The van der Waals surface area contributed by atoms with Crippen molar-refractivity contribution < 1.29 is 9.59 Å². The number of amides is 2. The number of carbonyl (C=O) groups is 2. The Balaban J connectivity index is 2.32. The molecule has 1 atom stereocenters. The lowest BCUT2D eigenvalue weighted by molar-refractivity contribution is -0.141. The van der Waals surface area contributed by atoms with Crippen LogP contribution in [0.5, 0.6) is 0 Å². The molecule has 2 aromatic carbocycles. The van der Waals surface area contributed by atoms with E-state index < -0.39 is 6.04 Å². The molecule has 0 spiro atoms. The molecule has 0 fully saturated rings. The molecule has 0 radical (unpaired) electrons. The molecular formula is C23H28Cl2N2O2. The molecule has 0 unspecified atom stereocenters. The monoisotopic (exact) mass is 434 g/mol. The maximum Gasteiger partial charge on any atom is 0.243 e. The summed E-state index contributed by atoms with van der Waals surface area (Å²) in [5, 5.41) is 3.81. The average Bonchev–Trinajstić information content (AvgIpc) is 2.63. The van der Waals surface area contributed by atoms with Gasteiger partial charge in [0.2, 0.25) is 11.8 Å². The molecule has 0 aliphatic carbocycles. The Morgan fingerprint density at radius 1 is 1.03 bits per heavy atom. The first-order chi connectivity index (χ1) is 13.7. The van der Waals surface area contributed by atoms with E-state index in [0.717, 1.165) is 16.7 Å². The summed E-state index contributed by atoms with van der Waals surface area (Å²) in [6.45, 7) is 8.00. The highest BCUT2D eigenvalue weighted by atomic mass is 35.5. The maximum absolute atomic E-state index is 13.3. The molecule has 2 rings (SSSR count). The van der Waals surface area contributed by atoms with Crippen molar-refractivity contribution in [3.05, 3.63) is 69.2 Å². The van der Waals surface area contributed by atoms with Gasteiger partial charge in [-0.2, -0.15) is 0 Å². The third-order valence-corrected chi connectivity index (χ3v) is 5.33. The van der Waals surface area contributed by atoms with Crippen LogP contribution in [0.1, 0.15) is 43.9 Å². The minimum absolute atomic E-state index is 0.00440. The standard InChI is InChI=1S/C23H28Cl2N2O2/c1-5-21(23(29)26-15(2)3)27(14-18-9-10-19(24)20(25)12-18)22(28)13-17-8-6-7-16(4)11-17/h6-12,15,21H,5,13-14H2,1-4H3,(H,26,29)/t21-/m1/s1. The number of benzene rings is 2. The number of carbonyl (C=O) groups excluding carboxylic acids is 2. The minimum Gasteiger partial charge on any atom is -0.352 e.